The van der Waals surface area contributed by atoms with Gasteiger partial charge >= 0.3 is 0 Å². The molecule has 0 radical (unpaired) electrons. The van der Waals surface area contributed by atoms with Crippen molar-refractivity contribution >= 4 is 28.8 Å². The van der Waals surface area contributed by atoms with Crippen LogP contribution in [-0.2, 0) is 14.3 Å². The van der Waals surface area contributed by atoms with Crippen molar-refractivity contribution in [1.82, 2.24) is 0 Å². The molecule has 4 nitrogen and oxygen atoms in total. The summed E-state index contributed by atoms with van der Waals surface area (Å²) in [6.07, 6.45) is 6.13. The van der Waals surface area contributed by atoms with Gasteiger partial charge in [-0.05, 0) is 46.5 Å². The highest BCUT2D eigenvalue weighted by Crippen LogP contribution is 2.45. The summed E-state index contributed by atoms with van der Waals surface area (Å²) < 4.78 is 27.5. The monoisotopic (exact) mass is 446 g/mol. The van der Waals surface area contributed by atoms with E-state index in [1.807, 2.05) is 36.4 Å². The van der Waals surface area contributed by atoms with E-state index < -0.39 is 18.4 Å². The summed E-state index contributed by atoms with van der Waals surface area (Å²) in [5.41, 5.74) is 0. The van der Waals surface area contributed by atoms with E-state index in [0.29, 0.717) is 18.4 Å². The van der Waals surface area contributed by atoms with Gasteiger partial charge < -0.3 is 4.80 Å². The summed E-state index contributed by atoms with van der Waals surface area (Å²) in [6, 6.07) is 20.3. The summed E-state index contributed by atoms with van der Waals surface area (Å²) in [4.78, 5) is 12.3. The van der Waals surface area contributed by atoms with Crippen LogP contribution in [0.2, 0.25) is 5.04 Å². The van der Waals surface area contributed by atoms with Crippen LogP contribution in [0.15, 0.2) is 60.7 Å². The molecule has 6 heteroatoms. The molecule has 1 fully saturated rings. The van der Waals surface area contributed by atoms with Crippen LogP contribution in [0.1, 0.15) is 46.0 Å². The van der Waals surface area contributed by atoms with Gasteiger partial charge in [0.05, 0.1) is 12.9 Å². The Morgan fingerprint density at radius 2 is 1.33 bits per heavy atom. The second kappa shape index (κ2) is 9.35. The zero-order valence-corrected chi connectivity index (χ0v) is 20.1. The van der Waals surface area contributed by atoms with Crippen LogP contribution in [0.4, 0.5) is 0 Å². The third kappa shape index (κ3) is 5.41. The molecule has 0 aliphatic heterocycles. The lowest BCUT2D eigenvalue weighted by molar-refractivity contribution is 0.177. The van der Waals surface area contributed by atoms with E-state index in [0.717, 1.165) is 48.7 Å². The summed E-state index contributed by atoms with van der Waals surface area (Å²) in [7, 11) is -6.35. The number of benzene rings is 2. The van der Waals surface area contributed by atoms with E-state index in [1.165, 1.54) is 0 Å². The first-order valence-electron chi connectivity index (χ1n) is 10.8. The summed E-state index contributed by atoms with van der Waals surface area (Å²) in [5.74, 6) is 0.833. The second-order valence-corrected chi connectivity index (χ2v) is 15.0. The highest BCUT2D eigenvalue weighted by atomic mass is 32.2. The van der Waals surface area contributed by atoms with Crippen LogP contribution in [-0.4, -0.2) is 34.4 Å². The molecule has 0 heterocycles. The molecule has 0 saturated heterocycles. The van der Waals surface area contributed by atoms with Crippen LogP contribution in [0.25, 0.3) is 0 Å². The molecule has 1 aliphatic carbocycles. The molecule has 0 unspecified atom stereocenters. The fraction of sp³-hybridized carbons (Fsp3) is 0.500. The van der Waals surface area contributed by atoms with Crippen LogP contribution in [0.5, 0.6) is 0 Å². The zero-order chi connectivity index (χ0) is 21.8. The molecule has 0 atom stereocenters. The summed E-state index contributed by atoms with van der Waals surface area (Å²) >= 11 is 0. The van der Waals surface area contributed by atoms with Crippen molar-refractivity contribution in [2.45, 2.75) is 51.0 Å². The lowest BCUT2D eigenvalue weighted by Crippen LogP contribution is -2.65. The van der Waals surface area contributed by atoms with Gasteiger partial charge in [-0.25, -0.2) is 0 Å². The molecule has 1 saturated carbocycles. The summed E-state index contributed by atoms with van der Waals surface area (Å²) in [5, 5.41) is 1.86. The maximum absolute atomic E-state index is 12.3. The lowest BCUT2D eigenvalue weighted by Gasteiger charge is -2.44. The Morgan fingerprint density at radius 3 is 1.77 bits per heavy atom. The van der Waals surface area contributed by atoms with Crippen LogP contribution < -0.4 is 10.4 Å². The molecule has 3 rings (SSSR count). The standard InChI is InChI=1S/C24H34O4SSi/c1-24(2,18-20-14-16-21(17-15-20)19-28-29(3,25)26)30(27,22-10-6-4-7-11-22)23-12-8-5-9-13-23/h4-13,20-21,27H,14-19H2,1-3H3/t20-,21+. The average Bonchev–Trinajstić information content (AvgIpc) is 2.73. The molecule has 1 aliphatic rings. The van der Waals surface area contributed by atoms with Crippen molar-refractivity contribution in [3.63, 3.8) is 0 Å². The van der Waals surface area contributed by atoms with Gasteiger partial charge in [0.25, 0.3) is 18.4 Å². The first-order valence-corrected chi connectivity index (χ1v) is 14.6. The molecule has 2 aromatic carbocycles. The van der Waals surface area contributed by atoms with Crippen molar-refractivity contribution in [3.05, 3.63) is 60.7 Å². The van der Waals surface area contributed by atoms with Gasteiger partial charge in [0.1, 0.15) is 0 Å². The molecular formula is C24H34O4SSi. The molecule has 0 spiro atoms. The molecule has 2 aromatic rings. The predicted octanol–water partition coefficient (Wildman–Crippen LogP) is 3.69. The van der Waals surface area contributed by atoms with Crippen molar-refractivity contribution in [2.24, 2.45) is 11.8 Å². The fourth-order valence-electron chi connectivity index (χ4n) is 5.00. The van der Waals surface area contributed by atoms with E-state index >= 15 is 0 Å². The Balaban J connectivity index is 1.75. The maximum Gasteiger partial charge on any atom is 0.264 e. The molecular weight excluding hydrogens is 412 g/mol. The predicted molar refractivity (Wildman–Crippen MR) is 125 cm³/mol. The van der Waals surface area contributed by atoms with Gasteiger partial charge in [-0.15, -0.1) is 0 Å². The second-order valence-electron chi connectivity index (χ2n) is 9.41. The molecule has 1 N–H and O–H groups in total. The van der Waals surface area contributed by atoms with E-state index in [-0.39, 0.29) is 5.04 Å². The molecule has 164 valence electrons. The highest BCUT2D eigenvalue weighted by molar-refractivity contribution is 7.85. The lowest BCUT2D eigenvalue weighted by atomic mass is 9.78. The Labute approximate surface area is 182 Å². The first-order chi connectivity index (χ1) is 14.1. The number of hydrogen-bond acceptors (Lipinski definition) is 4. The minimum absolute atomic E-state index is 0.240. The largest absolute Gasteiger partial charge is 0.424 e. The van der Waals surface area contributed by atoms with Crippen molar-refractivity contribution < 1.29 is 17.4 Å². The molecule has 0 bridgehead atoms. The Morgan fingerprint density at radius 1 is 0.900 bits per heavy atom. The first kappa shape index (κ1) is 23.2. The third-order valence-electron chi connectivity index (χ3n) is 6.65. The van der Waals surface area contributed by atoms with Crippen LogP contribution in [0, 0.1) is 11.8 Å². The normalized spacial score (nSPS) is 20.8. The molecule has 30 heavy (non-hydrogen) atoms. The highest BCUT2D eigenvalue weighted by Gasteiger charge is 2.50. The van der Waals surface area contributed by atoms with E-state index in [1.54, 1.807) is 0 Å². The summed E-state index contributed by atoms with van der Waals surface area (Å²) in [6.45, 7) is 4.73. The van der Waals surface area contributed by atoms with Gasteiger partial charge in [0, 0.05) is 0 Å². The average molecular weight is 447 g/mol. The van der Waals surface area contributed by atoms with Gasteiger partial charge in [-0.3, -0.25) is 4.18 Å². The maximum atomic E-state index is 12.3. The fourth-order valence-corrected chi connectivity index (χ4v) is 9.27. The number of hydrogen-bond donors (Lipinski definition) is 1. The molecule has 0 amide bonds. The topological polar surface area (TPSA) is 63.6 Å². The quantitative estimate of drug-likeness (QED) is 0.496. The Hall–Kier alpha value is -1.47. The van der Waals surface area contributed by atoms with Crippen molar-refractivity contribution in [1.29, 1.82) is 0 Å². The Kier molecular flexibility index (Phi) is 7.23. The van der Waals surface area contributed by atoms with Gasteiger partial charge in [0.15, 0.2) is 0 Å². The number of rotatable bonds is 8. The zero-order valence-electron chi connectivity index (χ0n) is 18.3. The van der Waals surface area contributed by atoms with E-state index in [2.05, 4.69) is 38.1 Å². The van der Waals surface area contributed by atoms with Crippen LogP contribution >= 0.6 is 0 Å². The van der Waals surface area contributed by atoms with Crippen molar-refractivity contribution in [3.8, 4) is 0 Å². The minimum atomic E-state index is -3.37. The van der Waals surface area contributed by atoms with E-state index in [4.69, 9.17) is 4.18 Å². The third-order valence-corrected chi connectivity index (χ3v) is 11.7. The van der Waals surface area contributed by atoms with Crippen LogP contribution in [0.3, 0.4) is 0 Å². The van der Waals surface area contributed by atoms with Gasteiger partial charge in [-0.1, -0.05) is 87.4 Å². The van der Waals surface area contributed by atoms with Gasteiger partial charge in [-0.2, -0.15) is 8.42 Å². The SMILES string of the molecule is CC(C)(C[C@H]1CC[C@@H](COS(C)(=O)=O)CC1)[Si](O)(c1ccccc1)c1ccccc1. The Bertz CT molecular complexity index is 865. The molecule has 0 aromatic heterocycles. The smallest absolute Gasteiger partial charge is 0.264 e. The van der Waals surface area contributed by atoms with Gasteiger partial charge in [0.2, 0.25) is 0 Å². The van der Waals surface area contributed by atoms with Crippen molar-refractivity contribution in [2.75, 3.05) is 12.9 Å². The van der Waals surface area contributed by atoms with E-state index in [9.17, 15) is 13.2 Å². The minimum Gasteiger partial charge on any atom is -0.424 e.